The minimum absolute atomic E-state index is 0.0317. The maximum Gasteiger partial charge on any atom is 0.309 e. The van der Waals surface area contributed by atoms with E-state index < -0.39 is 40.9 Å². The van der Waals surface area contributed by atoms with Gasteiger partial charge in [-0.3, -0.25) is 14.4 Å². The number of hydrogen-bond acceptors (Lipinski definition) is 4. The number of esters is 1. The Morgan fingerprint density at radius 2 is 1.79 bits per heavy atom. The molecule has 2 amide bonds. The molecule has 1 atom stereocenters. The third-order valence-electron chi connectivity index (χ3n) is 4.61. The van der Waals surface area contributed by atoms with E-state index in [1.165, 1.54) is 6.92 Å². The van der Waals surface area contributed by atoms with Gasteiger partial charge in [0.1, 0.15) is 11.6 Å². The Labute approximate surface area is 163 Å². The monoisotopic (exact) mass is 396 g/mol. The van der Waals surface area contributed by atoms with Gasteiger partial charge in [-0.1, -0.05) is 20.8 Å². The molecule has 28 heavy (non-hydrogen) atoms. The van der Waals surface area contributed by atoms with Crippen molar-refractivity contribution in [1.82, 2.24) is 4.90 Å². The van der Waals surface area contributed by atoms with Crippen molar-refractivity contribution in [1.29, 1.82) is 0 Å². The number of carbonyl (C=O) groups is 3. The van der Waals surface area contributed by atoms with E-state index in [2.05, 4.69) is 5.32 Å². The van der Waals surface area contributed by atoms with Crippen LogP contribution in [0.15, 0.2) is 18.2 Å². The van der Waals surface area contributed by atoms with Gasteiger partial charge in [-0.2, -0.15) is 0 Å². The van der Waals surface area contributed by atoms with Gasteiger partial charge in [0.15, 0.2) is 6.10 Å². The van der Waals surface area contributed by atoms with Crippen LogP contribution in [-0.2, 0) is 19.1 Å². The third kappa shape index (κ3) is 5.50. The van der Waals surface area contributed by atoms with E-state index in [0.29, 0.717) is 25.9 Å². The first kappa shape index (κ1) is 21.8. The van der Waals surface area contributed by atoms with Crippen molar-refractivity contribution in [2.24, 2.45) is 11.3 Å². The molecule has 154 valence electrons. The van der Waals surface area contributed by atoms with Crippen LogP contribution in [0.2, 0.25) is 0 Å². The number of benzene rings is 1. The van der Waals surface area contributed by atoms with Crippen LogP contribution in [0, 0.1) is 23.0 Å². The predicted octanol–water partition coefficient (Wildman–Crippen LogP) is 3.12. The van der Waals surface area contributed by atoms with Gasteiger partial charge in [-0.15, -0.1) is 0 Å². The molecule has 1 aromatic carbocycles. The number of nitrogens with one attached hydrogen (secondary N) is 1. The fraction of sp³-hybridized carbons (Fsp3) is 0.550. The number of anilines is 1. The second-order valence-electron chi connectivity index (χ2n) is 8.01. The minimum atomic E-state index is -1.16. The Morgan fingerprint density at radius 3 is 2.36 bits per heavy atom. The van der Waals surface area contributed by atoms with E-state index in [4.69, 9.17) is 4.74 Å². The topological polar surface area (TPSA) is 75.7 Å². The first-order valence-electron chi connectivity index (χ1n) is 9.25. The SMILES string of the molecule is C[C@H](OC(=O)C1CCN(C(=O)C(C)(C)C)CC1)C(=O)Nc1cc(F)ccc1F. The number of likely N-dealkylation sites (tertiary alicyclic amines) is 1. The largest absolute Gasteiger partial charge is 0.452 e. The Hall–Kier alpha value is -2.51. The standard InChI is InChI=1S/C20H26F2N2O4/c1-12(17(25)23-16-11-14(21)5-6-15(16)22)28-18(26)13-7-9-24(10-8-13)19(27)20(2,3)4/h5-6,11-13H,7-10H2,1-4H3,(H,23,25)/t12-/m0/s1. The molecule has 0 radical (unpaired) electrons. The molecule has 1 fully saturated rings. The highest BCUT2D eigenvalue weighted by Crippen LogP contribution is 2.24. The minimum Gasteiger partial charge on any atom is -0.452 e. The van der Waals surface area contributed by atoms with Crippen molar-refractivity contribution in [3.05, 3.63) is 29.8 Å². The van der Waals surface area contributed by atoms with Crippen LogP contribution in [0.1, 0.15) is 40.5 Å². The van der Waals surface area contributed by atoms with Gasteiger partial charge in [0.05, 0.1) is 11.6 Å². The average molecular weight is 396 g/mol. The summed E-state index contributed by atoms with van der Waals surface area (Å²) >= 11 is 0. The van der Waals surface area contributed by atoms with Gasteiger partial charge >= 0.3 is 5.97 Å². The molecule has 1 heterocycles. The molecule has 0 spiro atoms. The Morgan fingerprint density at radius 1 is 1.18 bits per heavy atom. The van der Waals surface area contributed by atoms with Crippen molar-refractivity contribution >= 4 is 23.5 Å². The summed E-state index contributed by atoms with van der Waals surface area (Å²) in [5, 5.41) is 2.21. The summed E-state index contributed by atoms with van der Waals surface area (Å²) in [6, 6.07) is 2.68. The number of amides is 2. The van der Waals surface area contributed by atoms with Crippen LogP contribution in [0.4, 0.5) is 14.5 Å². The molecule has 0 bridgehead atoms. The molecule has 1 aliphatic rings. The lowest BCUT2D eigenvalue weighted by Crippen LogP contribution is -2.45. The van der Waals surface area contributed by atoms with E-state index >= 15 is 0 Å². The third-order valence-corrected chi connectivity index (χ3v) is 4.61. The lowest BCUT2D eigenvalue weighted by atomic mass is 9.91. The zero-order valence-electron chi connectivity index (χ0n) is 16.6. The van der Waals surface area contributed by atoms with E-state index in [-0.39, 0.29) is 11.6 Å². The molecular weight excluding hydrogens is 370 g/mol. The summed E-state index contributed by atoms with van der Waals surface area (Å²) in [6.45, 7) is 7.80. The summed E-state index contributed by atoms with van der Waals surface area (Å²) in [5.41, 5.74) is -0.798. The fourth-order valence-corrected chi connectivity index (χ4v) is 2.94. The maximum absolute atomic E-state index is 13.6. The summed E-state index contributed by atoms with van der Waals surface area (Å²) < 4.78 is 32.0. The first-order chi connectivity index (χ1) is 13.0. The summed E-state index contributed by atoms with van der Waals surface area (Å²) in [5.74, 6) is -3.15. The smallest absolute Gasteiger partial charge is 0.309 e. The second kappa shape index (κ2) is 8.67. The second-order valence-corrected chi connectivity index (χ2v) is 8.01. The predicted molar refractivity (Wildman–Crippen MR) is 99.3 cm³/mol. The number of carbonyl (C=O) groups excluding carboxylic acids is 3. The molecule has 0 unspecified atom stereocenters. The van der Waals surface area contributed by atoms with Crippen molar-refractivity contribution in [3.63, 3.8) is 0 Å². The fourth-order valence-electron chi connectivity index (χ4n) is 2.94. The quantitative estimate of drug-likeness (QED) is 0.794. The highest BCUT2D eigenvalue weighted by Gasteiger charge is 2.34. The van der Waals surface area contributed by atoms with Crippen molar-refractivity contribution in [2.45, 2.75) is 46.6 Å². The Balaban J connectivity index is 1.86. The van der Waals surface area contributed by atoms with E-state index in [0.717, 1.165) is 18.2 Å². The highest BCUT2D eigenvalue weighted by atomic mass is 19.1. The maximum atomic E-state index is 13.6. The molecule has 8 heteroatoms. The molecule has 0 saturated carbocycles. The molecule has 2 rings (SSSR count). The zero-order valence-corrected chi connectivity index (χ0v) is 16.6. The van der Waals surface area contributed by atoms with Gasteiger partial charge in [-0.25, -0.2) is 8.78 Å². The molecule has 6 nitrogen and oxygen atoms in total. The van der Waals surface area contributed by atoms with Crippen molar-refractivity contribution < 1.29 is 27.9 Å². The molecule has 0 aromatic heterocycles. The van der Waals surface area contributed by atoms with Gasteiger partial charge in [-0.05, 0) is 31.9 Å². The van der Waals surface area contributed by atoms with Crippen LogP contribution < -0.4 is 5.32 Å². The summed E-state index contributed by atoms with van der Waals surface area (Å²) in [6.07, 6.45) is -0.259. The van der Waals surface area contributed by atoms with E-state index in [1.54, 1.807) is 4.90 Å². The van der Waals surface area contributed by atoms with E-state index in [9.17, 15) is 23.2 Å². The molecule has 1 aromatic rings. The molecule has 1 aliphatic heterocycles. The van der Waals surface area contributed by atoms with Gasteiger partial charge in [0.25, 0.3) is 5.91 Å². The van der Waals surface area contributed by atoms with Crippen LogP contribution >= 0.6 is 0 Å². The number of ether oxygens (including phenoxy) is 1. The molecular formula is C20H26F2N2O4. The van der Waals surface area contributed by atoms with Crippen LogP contribution in [0.5, 0.6) is 0 Å². The van der Waals surface area contributed by atoms with Crippen LogP contribution in [0.3, 0.4) is 0 Å². The number of rotatable bonds is 4. The number of piperidine rings is 1. The number of hydrogen-bond donors (Lipinski definition) is 1. The number of nitrogens with zero attached hydrogens (tertiary/aromatic N) is 1. The lowest BCUT2D eigenvalue weighted by Gasteiger charge is -2.35. The normalized spacial score (nSPS) is 16.4. The lowest BCUT2D eigenvalue weighted by molar-refractivity contribution is -0.160. The first-order valence-corrected chi connectivity index (χ1v) is 9.25. The highest BCUT2D eigenvalue weighted by molar-refractivity contribution is 5.95. The molecule has 0 aliphatic carbocycles. The van der Waals surface area contributed by atoms with Crippen molar-refractivity contribution in [3.8, 4) is 0 Å². The van der Waals surface area contributed by atoms with Crippen molar-refractivity contribution in [2.75, 3.05) is 18.4 Å². The number of halogens is 2. The van der Waals surface area contributed by atoms with Gasteiger partial charge in [0, 0.05) is 24.6 Å². The van der Waals surface area contributed by atoms with Crippen LogP contribution in [0.25, 0.3) is 0 Å². The summed E-state index contributed by atoms with van der Waals surface area (Å²) in [4.78, 5) is 38.5. The van der Waals surface area contributed by atoms with E-state index in [1.807, 2.05) is 20.8 Å². The van der Waals surface area contributed by atoms with Gasteiger partial charge < -0.3 is 15.0 Å². The summed E-state index contributed by atoms with van der Waals surface area (Å²) in [7, 11) is 0. The van der Waals surface area contributed by atoms with Crippen LogP contribution in [-0.4, -0.2) is 41.9 Å². The molecule has 1 saturated heterocycles. The average Bonchev–Trinajstić information content (AvgIpc) is 2.63. The Bertz CT molecular complexity index is 753. The Kier molecular flexibility index (Phi) is 6.74. The molecule has 1 N–H and O–H groups in total. The van der Waals surface area contributed by atoms with Gasteiger partial charge in [0.2, 0.25) is 5.91 Å². The zero-order chi connectivity index (χ0) is 21.1.